The lowest BCUT2D eigenvalue weighted by Crippen LogP contribution is -2.53. The molecule has 0 radical (unpaired) electrons. The number of hydrogen-bond acceptors (Lipinski definition) is 3. The first-order valence-corrected chi connectivity index (χ1v) is 11.5. The van der Waals surface area contributed by atoms with Gasteiger partial charge in [-0.05, 0) is 73.9 Å². The second kappa shape index (κ2) is 6.91. The number of carbonyl (C=O) groups is 1. The van der Waals surface area contributed by atoms with Gasteiger partial charge in [0.1, 0.15) is 11.6 Å². The zero-order valence-corrected chi connectivity index (χ0v) is 18.9. The maximum atomic E-state index is 14.7. The molecule has 0 fully saturated rings. The molecule has 1 N–H and O–H groups in total. The van der Waals surface area contributed by atoms with Gasteiger partial charge in [0, 0.05) is 23.4 Å². The minimum Gasteiger partial charge on any atom is -0.350 e. The van der Waals surface area contributed by atoms with Gasteiger partial charge in [0.2, 0.25) is 5.66 Å². The van der Waals surface area contributed by atoms with E-state index in [9.17, 15) is 9.18 Å². The third-order valence-corrected chi connectivity index (χ3v) is 7.02. The van der Waals surface area contributed by atoms with Gasteiger partial charge < -0.3 is 10.2 Å². The molecule has 33 heavy (non-hydrogen) atoms. The number of rotatable bonds is 3. The maximum Gasteiger partial charge on any atom is 0.279 e. The van der Waals surface area contributed by atoms with Crippen molar-refractivity contribution in [3.8, 4) is 11.4 Å². The minimum atomic E-state index is -1.30. The SMILES string of the molecule is CCCCN1C(=O)C2(Nc3ccccc3-c3nc4cc(C)c(C)cc4n32)c2cc(F)ccc21. The summed E-state index contributed by atoms with van der Waals surface area (Å²) in [5.41, 5.74) is 5.75. The Balaban J connectivity index is 1.73. The van der Waals surface area contributed by atoms with E-state index < -0.39 is 5.66 Å². The lowest BCUT2D eigenvalue weighted by atomic mass is 9.95. The van der Waals surface area contributed by atoms with Gasteiger partial charge in [0.15, 0.2) is 0 Å². The monoisotopic (exact) mass is 440 g/mol. The Hall–Kier alpha value is -3.67. The van der Waals surface area contributed by atoms with Crippen LogP contribution in [0.5, 0.6) is 0 Å². The number of amides is 1. The van der Waals surface area contributed by atoms with Gasteiger partial charge in [-0.1, -0.05) is 25.5 Å². The lowest BCUT2D eigenvalue weighted by molar-refractivity contribution is -0.123. The number of nitrogens with one attached hydrogen (secondary N) is 1. The predicted molar refractivity (Wildman–Crippen MR) is 129 cm³/mol. The standard InChI is InChI=1S/C27H25FN4O/c1-4-5-12-31-23-11-10-18(28)15-20(23)27(26(31)33)30-21-9-7-6-8-19(21)25-29-22-13-16(2)17(3)14-24(22)32(25)27/h6-11,13-15,30H,4-5,12H2,1-3H3. The normalized spacial score (nSPS) is 18.4. The third kappa shape index (κ3) is 2.58. The Bertz CT molecular complexity index is 1460. The summed E-state index contributed by atoms with van der Waals surface area (Å²) >= 11 is 0. The van der Waals surface area contributed by atoms with E-state index in [-0.39, 0.29) is 11.7 Å². The summed E-state index contributed by atoms with van der Waals surface area (Å²) < 4.78 is 16.6. The number of imidazole rings is 1. The van der Waals surface area contributed by atoms with Gasteiger partial charge in [-0.2, -0.15) is 0 Å². The summed E-state index contributed by atoms with van der Waals surface area (Å²) in [6, 6.07) is 16.7. The topological polar surface area (TPSA) is 50.2 Å². The molecule has 4 aromatic rings. The first-order chi connectivity index (χ1) is 16.0. The molecule has 5 nitrogen and oxygen atoms in total. The molecule has 0 bridgehead atoms. The Morgan fingerprint density at radius 1 is 1.06 bits per heavy atom. The van der Waals surface area contributed by atoms with Gasteiger partial charge in [-0.15, -0.1) is 0 Å². The zero-order valence-electron chi connectivity index (χ0n) is 18.9. The van der Waals surface area contributed by atoms with E-state index in [1.807, 2.05) is 28.8 Å². The van der Waals surface area contributed by atoms with Crippen molar-refractivity contribution < 1.29 is 9.18 Å². The van der Waals surface area contributed by atoms with Crippen molar-refractivity contribution in [2.45, 2.75) is 39.3 Å². The fraction of sp³-hybridized carbons (Fsp3) is 0.259. The number of unbranched alkanes of at least 4 members (excludes halogenated alkanes) is 1. The third-order valence-electron chi connectivity index (χ3n) is 7.02. The van der Waals surface area contributed by atoms with Crippen LogP contribution in [0.4, 0.5) is 15.8 Å². The van der Waals surface area contributed by atoms with Crippen LogP contribution in [-0.4, -0.2) is 22.0 Å². The highest BCUT2D eigenvalue weighted by Crippen LogP contribution is 2.51. The van der Waals surface area contributed by atoms with Crippen molar-refractivity contribution in [1.82, 2.24) is 9.55 Å². The quantitative estimate of drug-likeness (QED) is 0.442. The summed E-state index contributed by atoms with van der Waals surface area (Å²) in [5.74, 6) is 0.243. The molecule has 1 aromatic heterocycles. The zero-order chi connectivity index (χ0) is 22.9. The maximum absolute atomic E-state index is 14.7. The van der Waals surface area contributed by atoms with Crippen LogP contribution in [0.2, 0.25) is 0 Å². The van der Waals surface area contributed by atoms with E-state index in [1.165, 1.54) is 12.1 Å². The summed E-state index contributed by atoms with van der Waals surface area (Å²) in [6.45, 7) is 6.80. The fourth-order valence-electron chi connectivity index (χ4n) is 5.22. The van der Waals surface area contributed by atoms with Crippen LogP contribution in [0.25, 0.3) is 22.4 Å². The number of nitrogens with zero attached hydrogens (tertiary/aromatic N) is 3. The van der Waals surface area contributed by atoms with E-state index in [1.54, 1.807) is 11.0 Å². The average Bonchev–Trinajstić information content (AvgIpc) is 3.27. The molecule has 6 rings (SSSR count). The number of carbonyl (C=O) groups excluding carboxylic acids is 1. The highest BCUT2D eigenvalue weighted by Gasteiger charge is 2.56. The number of hydrogen-bond donors (Lipinski definition) is 1. The number of aryl methyl sites for hydroxylation is 2. The average molecular weight is 441 g/mol. The van der Waals surface area contributed by atoms with Gasteiger partial charge in [-0.25, -0.2) is 9.37 Å². The van der Waals surface area contributed by atoms with Crippen LogP contribution < -0.4 is 10.2 Å². The molecule has 1 amide bonds. The highest BCUT2D eigenvalue weighted by molar-refractivity contribution is 6.12. The van der Waals surface area contributed by atoms with Crippen molar-refractivity contribution in [1.29, 1.82) is 0 Å². The smallest absolute Gasteiger partial charge is 0.279 e. The highest BCUT2D eigenvalue weighted by atomic mass is 19.1. The Labute approximate surface area is 191 Å². The number of halogens is 1. The van der Waals surface area contributed by atoms with Crippen molar-refractivity contribution >= 4 is 28.3 Å². The molecule has 1 spiro atoms. The number of benzene rings is 3. The second-order valence-corrected chi connectivity index (χ2v) is 9.05. The Morgan fingerprint density at radius 2 is 1.85 bits per heavy atom. The van der Waals surface area contributed by atoms with Crippen molar-refractivity contribution in [2.75, 3.05) is 16.8 Å². The molecule has 2 aliphatic rings. The summed E-state index contributed by atoms with van der Waals surface area (Å²) in [7, 11) is 0. The molecule has 1 atom stereocenters. The number of para-hydroxylation sites is 1. The number of anilines is 2. The summed E-state index contributed by atoms with van der Waals surface area (Å²) in [4.78, 5) is 21.1. The van der Waals surface area contributed by atoms with Crippen molar-refractivity contribution in [2.24, 2.45) is 0 Å². The number of aromatic nitrogens is 2. The molecule has 3 aromatic carbocycles. The van der Waals surface area contributed by atoms with Crippen LogP contribution in [0, 0.1) is 19.7 Å². The van der Waals surface area contributed by atoms with Crippen LogP contribution in [0.3, 0.4) is 0 Å². The Morgan fingerprint density at radius 3 is 2.67 bits per heavy atom. The molecule has 166 valence electrons. The van der Waals surface area contributed by atoms with Crippen LogP contribution in [-0.2, 0) is 10.5 Å². The fourth-order valence-corrected chi connectivity index (χ4v) is 5.22. The van der Waals surface area contributed by atoms with Crippen LogP contribution >= 0.6 is 0 Å². The lowest BCUT2D eigenvalue weighted by Gasteiger charge is -2.38. The molecule has 6 heteroatoms. The molecule has 0 saturated carbocycles. The molecule has 3 heterocycles. The van der Waals surface area contributed by atoms with Gasteiger partial charge in [-0.3, -0.25) is 9.36 Å². The molecule has 0 saturated heterocycles. The van der Waals surface area contributed by atoms with E-state index in [0.717, 1.165) is 51.9 Å². The van der Waals surface area contributed by atoms with E-state index in [0.29, 0.717) is 17.9 Å². The summed E-state index contributed by atoms with van der Waals surface area (Å²) in [5, 5.41) is 3.55. The molecular formula is C27H25FN4O. The first-order valence-electron chi connectivity index (χ1n) is 11.5. The van der Waals surface area contributed by atoms with E-state index in [2.05, 4.69) is 38.2 Å². The molecule has 2 aliphatic heterocycles. The van der Waals surface area contributed by atoms with Crippen LogP contribution in [0.1, 0.15) is 36.5 Å². The van der Waals surface area contributed by atoms with E-state index in [4.69, 9.17) is 4.98 Å². The van der Waals surface area contributed by atoms with Crippen LogP contribution in [0.15, 0.2) is 54.6 Å². The largest absolute Gasteiger partial charge is 0.350 e. The Kier molecular flexibility index (Phi) is 4.18. The van der Waals surface area contributed by atoms with Gasteiger partial charge >= 0.3 is 0 Å². The van der Waals surface area contributed by atoms with Gasteiger partial charge in [0.05, 0.1) is 16.7 Å². The minimum absolute atomic E-state index is 0.107. The predicted octanol–water partition coefficient (Wildman–Crippen LogP) is 5.73. The van der Waals surface area contributed by atoms with E-state index >= 15 is 0 Å². The molecular weight excluding hydrogens is 415 g/mol. The van der Waals surface area contributed by atoms with Gasteiger partial charge in [0.25, 0.3) is 5.91 Å². The first kappa shape index (κ1) is 20.0. The molecule has 1 unspecified atom stereocenters. The second-order valence-electron chi connectivity index (χ2n) is 9.05. The summed E-state index contributed by atoms with van der Waals surface area (Å²) in [6.07, 6.45) is 1.83. The van der Waals surface area contributed by atoms with Crippen molar-refractivity contribution in [3.63, 3.8) is 0 Å². The molecule has 0 aliphatic carbocycles. The number of fused-ring (bicyclic) bond motifs is 8. The van der Waals surface area contributed by atoms with Crippen molar-refractivity contribution in [3.05, 3.63) is 77.1 Å².